The van der Waals surface area contributed by atoms with Crippen LogP contribution >= 0.6 is 0 Å². The van der Waals surface area contributed by atoms with Gasteiger partial charge in [0, 0.05) is 11.5 Å². The van der Waals surface area contributed by atoms with Crippen LogP contribution in [0, 0.1) is 0 Å². The van der Waals surface area contributed by atoms with Gasteiger partial charge in [0.1, 0.15) is 19.0 Å². The highest BCUT2D eigenvalue weighted by Gasteiger charge is 2.17. The van der Waals surface area contributed by atoms with Gasteiger partial charge < -0.3 is 24.3 Å². The lowest BCUT2D eigenvalue weighted by atomic mass is 9.97. The summed E-state index contributed by atoms with van der Waals surface area (Å²) in [6, 6.07) is 10.8. The Labute approximate surface area is 143 Å². The average Bonchev–Trinajstić information content (AvgIpc) is 2.65. The summed E-state index contributed by atoms with van der Waals surface area (Å²) >= 11 is 0. The minimum Gasteiger partial charge on any atom is -0.496 e. The second-order valence-corrected chi connectivity index (χ2v) is 5.77. The summed E-state index contributed by atoms with van der Waals surface area (Å²) in [6.45, 7) is 0.861. The number of aromatic amines is 1. The van der Waals surface area contributed by atoms with Gasteiger partial charge in [0.2, 0.25) is 0 Å². The molecule has 0 spiro atoms. The number of nitrogens with one attached hydrogen (secondary N) is 1. The summed E-state index contributed by atoms with van der Waals surface area (Å²) in [7, 11) is 1.53. The molecule has 6 heteroatoms. The van der Waals surface area contributed by atoms with E-state index in [-0.39, 0.29) is 12.2 Å². The smallest absolute Gasteiger partial charge is 0.252 e. The summed E-state index contributed by atoms with van der Waals surface area (Å²) in [5.74, 6) is 1.81. The molecule has 0 saturated carbocycles. The van der Waals surface area contributed by atoms with Crippen LogP contribution in [0.5, 0.6) is 17.2 Å². The number of benzene rings is 2. The van der Waals surface area contributed by atoms with Crippen molar-refractivity contribution in [3.8, 4) is 28.4 Å². The molecule has 3 aromatic rings. The van der Waals surface area contributed by atoms with E-state index < -0.39 is 0 Å². The summed E-state index contributed by atoms with van der Waals surface area (Å²) in [5, 5.41) is 10.6. The molecule has 0 bridgehead atoms. The summed E-state index contributed by atoms with van der Waals surface area (Å²) in [5.41, 5.74) is 2.86. The van der Waals surface area contributed by atoms with Gasteiger partial charge >= 0.3 is 0 Å². The van der Waals surface area contributed by atoms with E-state index >= 15 is 0 Å². The predicted octanol–water partition coefficient (Wildman–Crippen LogP) is 2.47. The average molecular weight is 339 g/mol. The molecule has 2 N–H and O–H groups in total. The first-order chi connectivity index (χ1) is 12.2. The Kier molecular flexibility index (Phi) is 3.82. The molecule has 128 valence electrons. The molecule has 0 saturated heterocycles. The molecule has 1 aliphatic heterocycles. The van der Waals surface area contributed by atoms with Gasteiger partial charge in [-0.1, -0.05) is 6.07 Å². The molecule has 0 unspecified atom stereocenters. The summed E-state index contributed by atoms with van der Waals surface area (Å²) in [4.78, 5) is 14.6. The molecule has 2 aromatic carbocycles. The van der Waals surface area contributed by atoms with Crippen molar-refractivity contribution in [1.82, 2.24) is 4.98 Å². The maximum atomic E-state index is 11.8. The van der Waals surface area contributed by atoms with E-state index in [1.165, 1.54) is 13.2 Å². The number of aromatic nitrogens is 1. The number of H-pyrrole nitrogens is 1. The van der Waals surface area contributed by atoms with E-state index in [1.807, 2.05) is 24.3 Å². The molecule has 0 aliphatic carbocycles. The molecule has 0 fully saturated rings. The monoisotopic (exact) mass is 339 g/mol. The minimum absolute atomic E-state index is 0.126. The number of aliphatic hydroxyl groups excluding tert-OH is 1. The molecule has 25 heavy (non-hydrogen) atoms. The van der Waals surface area contributed by atoms with Crippen LogP contribution in [0.4, 0.5) is 0 Å². The zero-order chi connectivity index (χ0) is 17.4. The van der Waals surface area contributed by atoms with E-state index in [4.69, 9.17) is 14.2 Å². The van der Waals surface area contributed by atoms with E-state index in [2.05, 4.69) is 4.98 Å². The third kappa shape index (κ3) is 2.70. The van der Waals surface area contributed by atoms with E-state index in [1.54, 1.807) is 6.07 Å². The highest BCUT2D eigenvalue weighted by Crippen LogP contribution is 2.38. The van der Waals surface area contributed by atoms with Crippen LogP contribution in [0.15, 0.2) is 41.2 Å². The highest BCUT2D eigenvalue weighted by molar-refractivity contribution is 5.89. The number of hydrogen-bond acceptors (Lipinski definition) is 5. The zero-order valence-electron chi connectivity index (χ0n) is 13.7. The van der Waals surface area contributed by atoms with Crippen molar-refractivity contribution in [3.63, 3.8) is 0 Å². The largest absolute Gasteiger partial charge is 0.496 e. The molecule has 1 aliphatic rings. The van der Waals surface area contributed by atoms with Crippen molar-refractivity contribution in [3.05, 3.63) is 52.3 Å². The van der Waals surface area contributed by atoms with Crippen molar-refractivity contribution in [2.45, 2.75) is 6.61 Å². The number of aliphatic hydroxyl groups is 1. The molecule has 0 radical (unpaired) electrons. The second-order valence-electron chi connectivity index (χ2n) is 5.77. The first-order valence-corrected chi connectivity index (χ1v) is 7.94. The number of hydrogen-bond donors (Lipinski definition) is 2. The maximum Gasteiger partial charge on any atom is 0.252 e. The van der Waals surface area contributed by atoms with Gasteiger partial charge in [0.25, 0.3) is 5.56 Å². The Bertz CT molecular complexity index is 1010. The molecule has 4 rings (SSSR count). The van der Waals surface area contributed by atoms with Crippen LogP contribution in [-0.2, 0) is 6.61 Å². The van der Waals surface area contributed by atoms with Crippen LogP contribution < -0.4 is 19.8 Å². The Morgan fingerprint density at radius 1 is 1.12 bits per heavy atom. The third-order valence-electron chi connectivity index (χ3n) is 4.27. The number of ether oxygens (including phenoxy) is 3. The summed E-state index contributed by atoms with van der Waals surface area (Å²) in [6.07, 6.45) is 0. The Morgan fingerprint density at radius 3 is 2.60 bits per heavy atom. The number of fused-ring (bicyclic) bond motifs is 2. The molecule has 2 heterocycles. The van der Waals surface area contributed by atoms with Gasteiger partial charge in [-0.3, -0.25) is 4.79 Å². The Balaban J connectivity index is 1.91. The molecular weight excluding hydrogens is 322 g/mol. The van der Waals surface area contributed by atoms with Gasteiger partial charge in [-0.05, 0) is 41.0 Å². The normalized spacial score (nSPS) is 13.0. The topological polar surface area (TPSA) is 80.8 Å². The number of rotatable bonds is 3. The first kappa shape index (κ1) is 15.5. The Morgan fingerprint density at radius 2 is 1.88 bits per heavy atom. The highest BCUT2D eigenvalue weighted by atomic mass is 16.6. The van der Waals surface area contributed by atoms with Crippen molar-refractivity contribution >= 4 is 10.9 Å². The third-order valence-corrected chi connectivity index (χ3v) is 4.27. The lowest BCUT2D eigenvalue weighted by Gasteiger charge is -2.21. The number of pyridine rings is 1. The lowest BCUT2D eigenvalue weighted by Crippen LogP contribution is -2.15. The van der Waals surface area contributed by atoms with Crippen molar-refractivity contribution in [2.24, 2.45) is 0 Å². The molecule has 6 nitrogen and oxygen atoms in total. The fourth-order valence-corrected chi connectivity index (χ4v) is 3.10. The van der Waals surface area contributed by atoms with Gasteiger partial charge in [-0.2, -0.15) is 0 Å². The van der Waals surface area contributed by atoms with Gasteiger partial charge in [0.05, 0.1) is 19.2 Å². The van der Waals surface area contributed by atoms with Gasteiger partial charge in [-0.25, -0.2) is 0 Å². The lowest BCUT2D eigenvalue weighted by molar-refractivity contribution is 0.171. The fraction of sp³-hybridized carbons (Fsp3) is 0.211. The van der Waals surface area contributed by atoms with Gasteiger partial charge in [-0.15, -0.1) is 0 Å². The number of methoxy groups -OCH3 is 1. The zero-order valence-corrected chi connectivity index (χ0v) is 13.7. The van der Waals surface area contributed by atoms with Crippen LogP contribution in [0.2, 0.25) is 0 Å². The van der Waals surface area contributed by atoms with Crippen LogP contribution in [-0.4, -0.2) is 30.4 Å². The second kappa shape index (κ2) is 6.14. The molecule has 0 amide bonds. The Hall–Kier alpha value is -2.99. The van der Waals surface area contributed by atoms with Gasteiger partial charge in [0.15, 0.2) is 11.5 Å². The van der Waals surface area contributed by atoms with E-state index in [9.17, 15) is 9.90 Å². The standard InChI is InChI=1S/C19H17NO5/c1-23-16-9-19(22)20-15-6-11(2-3-13(15)16)14-8-18-17(7-12(14)10-21)24-4-5-25-18/h2-3,6-9,21H,4-5,10H2,1H3,(H,20,22). The fourth-order valence-electron chi connectivity index (χ4n) is 3.10. The SMILES string of the molecule is COc1cc(=O)[nH]c2cc(-c3cc4c(cc3CO)OCCO4)ccc12. The van der Waals surface area contributed by atoms with Crippen LogP contribution in [0.25, 0.3) is 22.0 Å². The summed E-state index contributed by atoms with van der Waals surface area (Å²) < 4.78 is 16.5. The van der Waals surface area contributed by atoms with Crippen molar-refractivity contribution < 1.29 is 19.3 Å². The predicted molar refractivity (Wildman–Crippen MR) is 93.5 cm³/mol. The molecular formula is C19H17NO5. The molecule has 0 atom stereocenters. The molecule has 1 aromatic heterocycles. The minimum atomic E-state index is -0.231. The quantitative estimate of drug-likeness (QED) is 0.766. The van der Waals surface area contributed by atoms with Crippen LogP contribution in [0.3, 0.4) is 0 Å². The van der Waals surface area contributed by atoms with E-state index in [0.717, 1.165) is 22.1 Å². The van der Waals surface area contributed by atoms with E-state index in [0.29, 0.717) is 36.0 Å². The first-order valence-electron chi connectivity index (χ1n) is 7.94. The maximum absolute atomic E-state index is 11.8. The van der Waals surface area contributed by atoms with Crippen molar-refractivity contribution in [1.29, 1.82) is 0 Å². The van der Waals surface area contributed by atoms with Crippen molar-refractivity contribution in [2.75, 3.05) is 20.3 Å². The van der Waals surface area contributed by atoms with Crippen LogP contribution in [0.1, 0.15) is 5.56 Å².